The number of hydrogen-bond donors (Lipinski definition) is 2. The highest BCUT2D eigenvalue weighted by Gasteiger charge is 2.19. The Morgan fingerprint density at radius 2 is 2.06 bits per heavy atom. The van der Waals surface area contributed by atoms with Gasteiger partial charge in [-0.15, -0.1) is 0 Å². The summed E-state index contributed by atoms with van der Waals surface area (Å²) in [6.45, 7) is 7.59. The summed E-state index contributed by atoms with van der Waals surface area (Å²) < 4.78 is 0. The minimum atomic E-state index is 0.212. The largest absolute Gasteiger partial charge is 0.353 e. The normalized spacial score (nSPS) is 22.5. The van der Waals surface area contributed by atoms with Crippen LogP contribution in [0.3, 0.4) is 0 Å². The fourth-order valence-corrected chi connectivity index (χ4v) is 2.75. The van der Waals surface area contributed by atoms with Gasteiger partial charge in [0.25, 0.3) is 0 Å². The van der Waals surface area contributed by atoms with Crippen molar-refractivity contribution in [2.75, 3.05) is 6.54 Å². The Hall–Kier alpha value is -0.570. The van der Waals surface area contributed by atoms with E-state index in [0.717, 1.165) is 25.8 Å². The molecule has 0 aliphatic carbocycles. The van der Waals surface area contributed by atoms with Crippen molar-refractivity contribution in [3.8, 4) is 0 Å². The van der Waals surface area contributed by atoms with Crippen molar-refractivity contribution in [3.63, 3.8) is 0 Å². The van der Waals surface area contributed by atoms with Gasteiger partial charge in [-0.05, 0) is 32.2 Å². The number of rotatable bonds is 6. The first-order valence-corrected chi connectivity index (χ1v) is 7.20. The van der Waals surface area contributed by atoms with Crippen LogP contribution in [0, 0.1) is 5.92 Å². The van der Waals surface area contributed by atoms with Crippen LogP contribution >= 0.6 is 0 Å². The first-order chi connectivity index (χ1) is 8.17. The Kier molecular flexibility index (Phi) is 6.56. The predicted molar refractivity (Wildman–Crippen MR) is 71.9 cm³/mol. The lowest BCUT2D eigenvalue weighted by Crippen LogP contribution is -2.43. The average Bonchev–Trinajstić information content (AvgIpc) is 2.31. The van der Waals surface area contributed by atoms with Gasteiger partial charge in [-0.2, -0.15) is 0 Å². The molecule has 2 unspecified atom stereocenters. The van der Waals surface area contributed by atoms with Crippen LogP contribution in [0.25, 0.3) is 0 Å². The van der Waals surface area contributed by atoms with E-state index >= 15 is 0 Å². The van der Waals surface area contributed by atoms with Crippen molar-refractivity contribution >= 4 is 5.91 Å². The first kappa shape index (κ1) is 14.5. The van der Waals surface area contributed by atoms with Crippen LogP contribution in [-0.4, -0.2) is 24.5 Å². The molecule has 100 valence electrons. The number of hydrogen-bond acceptors (Lipinski definition) is 2. The van der Waals surface area contributed by atoms with Crippen molar-refractivity contribution < 1.29 is 4.79 Å². The number of piperidine rings is 1. The molecule has 0 aromatic rings. The Bertz CT molecular complexity index is 220. The third-order valence-corrected chi connectivity index (χ3v) is 3.99. The third-order valence-electron chi connectivity index (χ3n) is 3.99. The summed E-state index contributed by atoms with van der Waals surface area (Å²) in [5.41, 5.74) is 0. The maximum Gasteiger partial charge on any atom is 0.221 e. The molecule has 3 heteroatoms. The minimum Gasteiger partial charge on any atom is -0.353 e. The molecule has 0 aromatic carbocycles. The summed E-state index contributed by atoms with van der Waals surface area (Å²) >= 11 is 0. The zero-order valence-electron chi connectivity index (χ0n) is 11.6. The Morgan fingerprint density at radius 3 is 2.59 bits per heavy atom. The minimum absolute atomic E-state index is 0.212. The third kappa shape index (κ3) is 5.07. The van der Waals surface area contributed by atoms with Gasteiger partial charge in [0, 0.05) is 18.5 Å². The Morgan fingerprint density at radius 1 is 1.35 bits per heavy atom. The monoisotopic (exact) mass is 240 g/mol. The van der Waals surface area contributed by atoms with Gasteiger partial charge in [-0.3, -0.25) is 4.79 Å². The van der Waals surface area contributed by atoms with Gasteiger partial charge >= 0.3 is 0 Å². The van der Waals surface area contributed by atoms with Crippen molar-refractivity contribution in [1.82, 2.24) is 10.6 Å². The van der Waals surface area contributed by atoms with E-state index in [1.54, 1.807) is 0 Å². The predicted octanol–water partition coefficient (Wildman–Crippen LogP) is 2.46. The van der Waals surface area contributed by atoms with Crippen LogP contribution in [0.2, 0.25) is 0 Å². The summed E-state index contributed by atoms with van der Waals surface area (Å²) in [4.78, 5) is 11.9. The van der Waals surface area contributed by atoms with E-state index in [-0.39, 0.29) is 5.91 Å². The van der Waals surface area contributed by atoms with Crippen molar-refractivity contribution in [2.24, 2.45) is 5.92 Å². The molecular weight excluding hydrogens is 212 g/mol. The van der Waals surface area contributed by atoms with Crippen LogP contribution in [0.5, 0.6) is 0 Å². The number of amides is 1. The van der Waals surface area contributed by atoms with E-state index in [0.29, 0.717) is 24.4 Å². The molecule has 0 aromatic heterocycles. The van der Waals surface area contributed by atoms with Gasteiger partial charge in [0.15, 0.2) is 0 Å². The number of carbonyl (C=O) groups excluding carboxylic acids is 1. The molecule has 1 fully saturated rings. The maximum absolute atomic E-state index is 11.9. The highest BCUT2D eigenvalue weighted by Crippen LogP contribution is 2.14. The molecule has 1 saturated heterocycles. The van der Waals surface area contributed by atoms with Gasteiger partial charge in [0.1, 0.15) is 0 Å². The van der Waals surface area contributed by atoms with Crippen molar-refractivity contribution in [1.29, 1.82) is 0 Å². The van der Waals surface area contributed by atoms with Gasteiger partial charge in [-0.25, -0.2) is 0 Å². The summed E-state index contributed by atoms with van der Waals surface area (Å²) in [5.74, 6) is 0.821. The molecule has 1 amide bonds. The van der Waals surface area contributed by atoms with Gasteiger partial charge in [0.05, 0.1) is 0 Å². The van der Waals surface area contributed by atoms with E-state index in [1.165, 1.54) is 12.8 Å². The SMILES string of the molecule is CCC(CC)C(C)NC(=O)CC1CCCCN1. The van der Waals surface area contributed by atoms with E-state index in [4.69, 9.17) is 0 Å². The first-order valence-electron chi connectivity index (χ1n) is 7.20. The fraction of sp³-hybridized carbons (Fsp3) is 0.929. The highest BCUT2D eigenvalue weighted by atomic mass is 16.1. The van der Waals surface area contributed by atoms with Gasteiger partial charge < -0.3 is 10.6 Å². The van der Waals surface area contributed by atoms with E-state index in [2.05, 4.69) is 31.4 Å². The van der Waals surface area contributed by atoms with E-state index in [9.17, 15) is 4.79 Å². The lowest BCUT2D eigenvalue weighted by atomic mass is 9.95. The second-order valence-corrected chi connectivity index (χ2v) is 5.28. The van der Waals surface area contributed by atoms with Crippen LogP contribution < -0.4 is 10.6 Å². The van der Waals surface area contributed by atoms with Gasteiger partial charge in [0.2, 0.25) is 5.91 Å². The van der Waals surface area contributed by atoms with Crippen LogP contribution in [-0.2, 0) is 4.79 Å². The molecule has 2 N–H and O–H groups in total. The molecule has 2 atom stereocenters. The van der Waals surface area contributed by atoms with Crippen LogP contribution in [0.15, 0.2) is 0 Å². The highest BCUT2D eigenvalue weighted by molar-refractivity contribution is 5.76. The number of nitrogens with one attached hydrogen (secondary N) is 2. The molecular formula is C14H28N2O. The second-order valence-electron chi connectivity index (χ2n) is 5.28. The molecule has 0 radical (unpaired) electrons. The molecule has 0 saturated carbocycles. The summed E-state index contributed by atoms with van der Waals surface area (Å²) in [7, 11) is 0. The zero-order chi connectivity index (χ0) is 12.7. The smallest absolute Gasteiger partial charge is 0.221 e. The number of carbonyl (C=O) groups is 1. The molecule has 1 aliphatic rings. The molecule has 0 bridgehead atoms. The summed E-state index contributed by atoms with van der Waals surface area (Å²) in [6, 6.07) is 0.707. The van der Waals surface area contributed by atoms with Crippen molar-refractivity contribution in [3.05, 3.63) is 0 Å². The second kappa shape index (κ2) is 7.70. The maximum atomic E-state index is 11.9. The lowest BCUT2D eigenvalue weighted by Gasteiger charge is -2.26. The zero-order valence-corrected chi connectivity index (χ0v) is 11.6. The van der Waals surface area contributed by atoms with Crippen LogP contribution in [0.1, 0.15) is 59.3 Å². The van der Waals surface area contributed by atoms with Crippen molar-refractivity contribution in [2.45, 2.75) is 71.4 Å². The van der Waals surface area contributed by atoms with E-state index in [1.807, 2.05) is 0 Å². The quantitative estimate of drug-likeness (QED) is 0.749. The Labute approximate surface area is 106 Å². The summed E-state index contributed by atoms with van der Waals surface area (Å²) in [5, 5.41) is 6.57. The van der Waals surface area contributed by atoms with E-state index < -0.39 is 0 Å². The van der Waals surface area contributed by atoms with Crippen LogP contribution in [0.4, 0.5) is 0 Å². The Balaban J connectivity index is 2.27. The summed E-state index contributed by atoms with van der Waals surface area (Å²) in [6.07, 6.45) is 6.58. The topological polar surface area (TPSA) is 41.1 Å². The van der Waals surface area contributed by atoms with Gasteiger partial charge in [-0.1, -0.05) is 33.1 Å². The molecule has 0 spiro atoms. The average molecular weight is 240 g/mol. The standard InChI is InChI=1S/C14H28N2O/c1-4-12(5-2)11(3)16-14(17)10-13-8-6-7-9-15-13/h11-13,15H,4-10H2,1-3H3,(H,16,17). The fourth-order valence-electron chi connectivity index (χ4n) is 2.75. The molecule has 1 heterocycles. The molecule has 17 heavy (non-hydrogen) atoms. The molecule has 3 nitrogen and oxygen atoms in total. The molecule has 1 aliphatic heterocycles. The lowest BCUT2D eigenvalue weighted by molar-refractivity contribution is -0.122. The molecule has 1 rings (SSSR count).